The molecule has 0 aliphatic carbocycles. The lowest BCUT2D eigenvalue weighted by Gasteiger charge is -2.20. The first-order valence-electron chi connectivity index (χ1n) is 8.35. The third-order valence-corrected chi connectivity index (χ3v) is 4.25. The molecule has 2 rings (SSSR count). The Kier molecular flexibility index (Phi) is 5.85. The van der Waals surface area contributed by atoms with E-state index in [1.54, 1.807) is 13.0 Å². The van der Waals surface area contributed by atoms with Gasteiger partial charge in [0, 0.05) is 11.4 Å². The van der Waals surface area contributed by atoms with Gasteiger partial charge in [-0.3, -0.25) is 4.79 Å². The number of amides is 1. The lowest BCUT2D eigenvalue weighted by atomic mass is 9.98. The standard InChI is InChI=1S/C20H26N2O2/c1-5-13(2)17-8-6-7-9-19(17)24-15(4)20(23)22-18-12-16(21)11-10-14(18)3/h6-13,15H,5,21H2,1-4H3,(H,22,23). The number of hydrogen-bond acceptors (Lipinski definition) is 3. The Bertz CT molecular complexity index is 713. The zero-order valence-electron chi connectivity index (χ0n) is 14.8. The molecule has 4 nitrogen and oxygen atoms in total. The van der Waals surface area contributed by atoms with Gasteiger partial charge < -0.3 is 15.8 Å². The number of ether oxygens (including phenoxy) is 1. The third kappa shape index (κ3) is 4.28. The molecule has 2 aromatic rings. The third-order valence-electron chi connectivity index (χ3n) is 4.25. The second kappa shape index (κ2) is 7.86. The molecule has 2 unspecified atom stereocenters. The summed E-state index contributed by atoms with van der Waals surface area (Å²) in [6, 6.07) is 13.3. The minimum atomic E-state index is -0.601. The minimum absolute atomic E-state index is 0.192. The van der Waals surface area contributed by atoms with E-state index >= 15 is 0 Å². The van der Waals surface area contributed by atoms with Crippen LogP contribution in [0.15, 0.2) is 42.5 Å². The Labute approximate surface area is 144 Å². The summed E-state index contributed by atoms with van der Waals surface area (Å²) in [5.74, 6) is 0.953. The van der Waals surface area contributed by atoms with Crippen molar-refractivity contribution in [1.82, 2.24) is 0 Å². The van der Waals surface area contributed by atoms with Gasteiger partial charge in [-0.25, -0.2) is 0 Å². The molecule has 0 heterocycles. The number of rotatable bonds is 6. The van der Waals surface area contributed by atoms with Gasteiger partial charge in [-0.2, -0.15) is 0 Å². The zero-order valence-corrected chi connectivity index (χ0v) is 14.8. The van der Waals surface area contributed by atoms with Gasteiger partial charge in [0.1, 0.15) is 5.75 Å². The van der Waals surface area contributed by atoms with Crippen LogP contribution in [0.4, 0.5) is 11.4 Å². The molecule has 0 bridgehead atoms. The Morgan fingerprint density at radius 3 is 2.62 bits per heavy atom. The van der Waals surface area contributed by atoms with Crippen LogP contribution in [-0.2, 0) is 4.79 Å². The van der Waals surface area contributed by atoms with Crippen molar-refractivity contribution in [2.75, 3.05) is 11.1 Å². The number of anilines is 2. The lowest BCUT2D eigenvalue weighted by Crippen LogP contribution is -2.30. The smallest absolute Gasteiger partial charge is 0.265 e. The van der Waals surface area contributed by atoms with Gasteiger partial charge in [0.2, 0.25) is 0 Å². The van der Waals surface area contributed by atoms with E-state index in [-0.39, 0.29) is 5.91 Å². The zero-order chi connectivity index (χ0) is 17.7. The van der Waals surface area contributed by atoms with Crippen LogP contribution < -0.4 is 15.8 Å². The van der Waals surface area contributed by atoms with Crippen molar-refractivity contribution in [2.24, 2.45) is 0 Å². The fourth-order valence-electron chi connectivity index (χ4n) is 2.47. The molecule has 128 valence electrons. The van der Waals surface area contributed by atoms with Gasteiger partial charge in [0.25, 0.3) is 5.91 Å². The molecule has 0 aliphatic heterocycles. The topological polar surface area (TPSA) is 64.3 Å². The highest BCUT2D eigenvalue weighted by Gasteiger charge is 2.18. The molecule has 0 saturated carbocycles. The summed E-state index contributed by atoms with van der Waals surface area (Å²) in [6.45, 7) is 7.98. The van der Waals surface area contributed by atoms with Gasteiger partial charge in [-0.1, -0.05) is 38.1 Å². The van der Waals surface area contributed by atoms with Gasteiger partial charge in [-0.15, -0.1) is 0 Å². The SMILES string of the molecule is CCC(C)c1ccccc1OC(C)C(=O)Nc1cc(N)ccc1C. The molecule has 0 fully saturated rings. The molecular weight excluding hydrogens is 300 g/mol. The number of carbonyl (C=O) groups is 1. The maximum atomic E-state index is 12.5. The van der Waals surface area contributed by atoms with Gasteiger partial charge >= 0.3 is 0 Å². The van der Waals surface area contributed by atoms with Crippen molar-refractivity contribution < 1.29 is 9.53 Å². The summed E-state index contributed by atoms with van der Waals surface area (Å²) in [7, 11) is 0. The predicted molar refractivity (Wildman–Crippen MR) is 99.5 cm³/mol. The Balaban J connectivity index is 2.11. The number of carbonyl (C=O) groups excluding carboxylic acids is 1. The summed E-state index contributed by atoms with van der Waals surface area (Å²) in [5, 5.41) is 2.89. The molecule has 1 amide bonds. The van der Waals surface area contributed by atoms with E-state index in [2.05, 4.69) is 25.2 Å². The van der Waals surface area contributed by atoms with Crippen molar-refractivity contribution in [1.29, 1.82) is 0 Å². The quantitative estimate of drug-likeness (QED) is 0.768. The van der Waals surface area contributed by atoms with Gasteiger partial charge in [-0.05, 0) is 55.5 Å². The Morgan fingerprint density at radius 2 is 1.92 bits per heavy atom. The monoisotopic (exact) mass is 326 g/mol. The summed E-state index contributed by atoms with van der Waals surface area (Å²) in [6.07, 6.45) is 0.416. The van der Waals surface area contributed by atoms with Crippen molar-refractivity contribution in [3.8, 4) is 5.75 Å². The van der Waals surface area contributed by atoms with Crippen molar-refractivity contribution in [3.63, 3.8) is 0 Å². The number of nitrogens with one attached hydrogen (secondary N) is 1. The van der Waals surface area contributed by atoms with E-state index in [0.717, 1.165) is 23.3 Å². The van der Waals surface area contributed by atoms with E-state index < -0.39 is 6.10 Å². The van der Waals surface area contributed by atoms with Crippen LogP contribution in [0.25, 0.3) is 0 Å². The van der Waals surface area contributed by atoms with Crippen molar-refractivity contribution in [2.45, 2.75) is 46.1 Å². The molecule has 0 aromatic heterocycles. The van der Waals surface area contributed by atoms with Crippen molar-refractivity contribution >= 4 is 17.3 Å². The van der Waals surface area contributed by atoms with E-state index in [4.69, 9.17) is 10.5 Å². The number of nitrogens with two attached hydrogens (primary N) is 1. The first-order chi connectivity index (χ1) is 11.4. The second-order valence-electron chi connectivity index (χ2n) is 6.17. The van der Waals surface area contributed by atoms with E-state index in [1.165, 1.54) is 0 Å². The molecule has 2 aromatic carbocycles. The molecule has 24 heavy (non-hydrogen) atoms. The minimum Gasteiger partial charge on any atom is -0.481 e. The number of hydrogen-bond donors (Lipinski definition) is 2. The van der Waals surface area contributed by atoms with E-state index in [0.29, 0.717) is 17.3 Å². The highest BCUT2D eigenvalue weighted by atomic mass is 16.5. The summed E-state index contributed by atoms with van der Waals surface area (Å²) in [4.78, 5) is 12.5. The summed E-state index contributed by atoms with van der Waals surface area (Å²) < 4.78 is 5.93. The van der Waals surface area contributed by atoms with E-state index in [9.17, 15) is 4.79 Å². The fraction of sp³-hybridized carbons (Fsp3) is 0.350. The first-order valence-corrected chi connectivity index (χ1v) is 8.35. The Hall–Kier alpha value is -2.49. The van der Waals surface area contributed by atoms with Gasteiger partial charge in [0.05, 0.1) is 0 Å². The van der Waals surface area contributed by atoms with Crippen LogP contribution in [0.2, 0.25) is 0 Å². The number of para-hydroxylation sites is 1. The molecule has 2 atom stereocenters. The fourth-order valence-corrected chi connectivity index (χ4v) is 2.47. The number of nitrogen functional groups attached to an aromatic ring is 1. The number of benzene rings is 2. The molecule has 0 spiro atoms. The predicted octanol–water partition coefficient (Wildman–Crippen LogP) is 4.50. The maximum Gasteiger partial charge on any atom is 0.265 e. The molecule has 3 N–H and O–H groups in total. The molecule has 4 heteroatoms. The van der Waals surface area contributed by atoms with Crippen molar-refractivity contribution in [3.05, 3.63) is 53.6 Å². The van der Waals surface area contributed by atoms with Crippen LogP contribution >= 0.6 is 0 Å². The largest absolute Gasteiger partial charge is 0.481 e. The molecule has 0 aliphatic rings. The van der Waals surface area contributed by atoms with Crippen LogP contribution in [0.1, 0.15) is 44.2 Å². The summed E-state index contributed by atoms with van der Waals surface area (Å²) in [5.41, 5.74) is 9.21. The van der Waals surface area contributed by atoms with Gasteiger partial charge in [0.15, 0.2) is 6.10 Å². The van der Waals surface area contributed by atoms with Crippen LogP contribution in [-0.4, -0.2) is 12.0 Å². The first kappa shape index (κ1) is 17.9. The average molecular weight is 326 g/mol. The lowest BCUT2D eigenvalue weighted by molar-refractivity contribution is -0.122. The molecule has 0 radical (unpaired) electrons. The number of aryl methyl sites for hydroxylation is 1. The average Bonchev–Trinajstić information content (AvgIpc) is 2.57. The van der Waals surface area contributed by atoms with Crippen LogP contribution in [0.5, 0.6) is 5.75 Å². The second-order valence-corrected chi connectivity index (χ2v) is 6.17. The molecule has 0 saturated heterocycles. The summed E-state index contributed by atoms with van der Waals surface area (Å²) >= 11 is 0. The highest BCUT2D eigenvalue weighted by Crippen LogP contribution is 2.29. The normalized spacial score (nSPS) is 13.2. The van der Waals surface area contributed by atoms with E-state index in [1.807, 2.05) is 37.3 Å². The Morgan fingerprint density at radius 1 is 1.21 bits per heavy atom. The molecular formula is C20H26N2O2. The highest BCUT2D eigenvalue weighted by molar-refractivity contribution is 5.95. The van der Waals surface area contributed by atoms with Crippen LogP contribution in [0.3, 0.4) is 0 Å². The maximum absolute atomic E-state index is 12.5. The van der Waals surface area contributed by atoms with Crippen LogP contribution in [0, 0.1) is 6.92 Å².